The molecule has 0 radical (unpaired) electrons. The van der Waals surface area contributed by atoms with E-state index in [9.17, 15) is 8.42 Å². The van der Waals surface area contributed by atoms with E-state index in [1.165, 1.54) is 5.56 Å². The summed E-state index contributed by atoms with van der Waals surface area (Å²) in [4.78, 5) is 0. The lowest BCUT2D eigenvalue weighted by molar-refractivity contribution is 0.396. The van der Waals surface area contributed by atoms with Crippen molar-refractivity contribution in [3.8, 4) is 5.75 Å². The first-order chi connectivity index (χ1) is 9.97. The molecule has 2 unspecified atom stereocenters. The average molecular weight is 311 g/mol. The van der Waals surface area contributed by atoms with Gasteiger partial charge in [-0.05, 0) is 32.3 Å². The van der Waals surface area contributed by atoms with Crippen LogP contribution in [-0.2, 0) is 9.84 Å². The van der Waals surface area contributed by atoms with E-state index in [0.29, 0.717) is 12.3 Å². The van der Waals surface area contributed by atoms with Crippen molar-refractivity contribution in [2.45, 2.75) is 44.4 Å². The Balaban J connectivity index is 2.12. The Hall–Kier alpha value is -1.07. The van der Waals surface area contributed by atoms with Crippen molar-refractivity contribution in [1.29, 1.82) is 0 Å². The first-order valence-corrected chi connectivity index (χ1v) is 9.29. The van der Waals surface area contributed by atoms with Gasteiger partial charge >= 0.3 is 0 Å². The van der Waals surface area contributed by atoms with Gasteiger partial charge in [-0.1, -0.05) is 24.6 Å². The number of hydrogen-bond acceptors (Lipinski definition) is 4. The smallest absolute Gasteiger partial charge is 0.154 e. The predicted molar refractivity (Wildman–Crippen MR) is 85.6 cm³/mol. The van der Waals surface area contributed by atoms with Crippen LogP contribution in [0.2, 0.25) is 0 Å². The van der Waals surface area contributed by atoms with Gasteiger partial charge in [-0.15, -0.1) is 0 Å². The molecule has 2 rings (SSSR count). The fourth-order valence-electron chi connectivity index (χ4n) is 2.96. The fourth-order valence-corrected chi connectivity index (χ4v) is 4.74. The van der Waals surface area contributed by atoms with Gasteiger partial charge in [0.2, 0.25) is 0 Å². The van der Waals surface area contributed by atoms with Crippen molar-refractivity contribution in [3.63, 3.8) is 0 Å². The maximum atomic E-state index is 11.9. The van der Waals surface area contributed by atoms with E-state index in [1.54, 1.807) is 7.11 Å². The summed E-state index contributed by atoms with van der Waals surface area (Å²) in [7, 11) is -1.22. The van der Waals surface area contributed by atoms with Crippen molar-refractivity contribution < 1.29 is 13.2 Å². The van der Waals surface area contributed by atoms with Gasteiger partial charge in [0.05, 0.1) is 18.1 Å². The summed E-state index contributed by atoms with van der Waals surface area (Å²) in [6.07, 6.45) is 2.46. The highest BCUT2D eigenvalue weighted by Crippen LogP contribution is 2.29. The minimum atomic E-state index is -2.89. The molecule has 1 N–H and O–H groups in total. The summed E-state index contributed by atoms with van der Waals surface area (Å²) in [5.41, 5.74) is 2.29. The van der Waals surface area contributed by atoms with Crippen LogP contribution >= 0.6 is 0 Å². The zero-order valence-electron chi connectivity index (χ0n) is 13.1. The zero-order chi connectivity index (χ0) is 15.5. The van der Waals surface area contributed by atoms with Crippen molar-refractivity contribution in [1.82, 2.24) is 5.32 Å². The molecule has 0 saturated carbocycles. The standard InChI is InChI=1S/C16H25NO3S/c1-4-15(14-10-12(2)7-8-16(14)20-3)17-11-13-6-5-9-21(13,18)19/h7-8,10,13,15,17H,4-6,9,11H2,1-3H3. The average Bonchev–Trinajstić information content (AvgIpc) is 2.79. The Bertz CT molecular complexity index is 583. The second kappa shape index (κ2) is 6.79. The molecule has 0 aromatic heterocycles. The number of hydrogen-bond donors (Lipinski definition) is 1. The molecule has 1 aromatic carbocycles. The highest BCUT2D eigenvalue weighted by molar-refractivity contribution is 7.92. The molecule has 118 valence electrons. The van der Waals surface area contributed by atoms with E-state index in [1.807, 2.05) is 12.1 Å². The Kier molecular flexibility index (Phi) is 5.27. The lowest BCUT2D eigenvalue weighted by Gasteiger charge is -2.22. The van der Waals surface area contributed by atoms with Gasteiger partial charge in [0.1, 0.15) is 5.75 Å². The molecule has 1 aliphatic rings. The van der Waals surface area contributed by atoms with Gasteiger partial charge in [0, 0.05) is 18.2 Å². The maximum absolute atomic E-state index is 11.9. The number of aryl methyl sites for hydroxylation is 1. The molecular weight excluding hydrogens is 286 g/mol. The molecule has 2 atom stereocenters. The molecule has 1 fully saturated rings. The van der Waals surface area contributed by atoms with Crippen LogP contribution < -0.4 is 10.1 Å². The molecule has 0 bridgehead atoms. The Morgan fingerprint density at radius 3 is 2.76 bits per heavy atom. The third-order valence-corrected chi connectivity index (χ3v) is 6.50. The molecule has 1 aliphatic heterocycles. The van der Waals surface area contributed by atoms with Crippen LogP contribution in [-0.4, -0.2) is 33.1 Å². The van der Waals surface area contributed by atoms with Crippen LogP contribution in [0.15, 0.2) is 18.2 Å². The van der Waals surface area contributed by atoms with Gasteiger partial charge in [-0.3, -0.25) is 0 Å². The van der Waals surface area contributed by atoms with Crippen molar-refractivity contribution in [3.05, 3.63) is 29.3 Å². The van der Waals surface area contributed by atoms with Crippen LogP contribution in [0, 0.1) is 6.92 Å². The van der Waals surface area contributed by atoms with Crippen molar-refractivity contribution in [2.24, 2.45) is 0 Å². The maximum Gasteiger partial charge on any atom is 0.154 e. The molecule has 4 nitrogen and oxygen atoms in total. The Morgan fingerprint density at radius 2 is 2.19 bits per heavy atom. The molecule has 1 saturated heterocycles. The first-order valence-electron chi connectivity index (χ1n) is 7.57. The second-order valence-corrected chi connectivity index (χ2v) is 8.15. The Morgan fingerprint density at radius 1 is 1.43 bits per heavy atom. The van der Waals surface area contributed by atoms with E-state index in [2.05, 4.69) is 25.2 Å². The van der Waals surface area contributed by atoms with E-state index in [4.69, 9.17) is 4.74 Å². The van der Waals surface area contributed by atoms with Crippen molar-refractivity contribution >= 4 is 9.84 Å². The second-order valence-electron chi connectivity index (χ2n) is 5.75. The third kappa shape index (κ3) is 3.77. The van der Waals surface area contributed by atoms with Crippen molar-refractivity contribution in [2.75, 3.05) is 19.4 Å². The lowest BCUT2D eigenvalue weighted by Crippen LogP contribution is -2.33. The number of methoxy groups -OCH3 is 1. The summed E-state index contributed by atoms with van der Waals surface area (Å²) in [5, 5.41) is 3.19. The van der Waals surface area contributed by atoms with E-state index >= 15 is 0 Å². The van der Waals surface area contributed by atoms with Crippen LogP contribution in [0.3, 0.4) is 0 Å². The summed E-state index contributed by atoms with van der Waals surface area (Å²) in [5.74, 6) is 1.19. The molecule has 21 heavy (non-hydrogen) atoms. The van der Waals surface area contributed by atoms with E-state index in [-0.39, 0.29) is 11.3 Å². The topological polar surface area (TPSA) is 55.4 Å². The zero-order valence-corrected chi connectivity index (χ0v) is 13.9. The summed E-state index contributed by atoms with van der Waals surface area (Å²) in [6, 6.07) is 6.23. The number of benzene rings is 1. The minimum absolute atomic E-state index is 0.121. The Labute approximate surface area is 127 Å². The van der Waals surface area contributed by atoms with Crippen LogP contribution in [0.5, 0.6) is 5.75 Å². The SMILES string of the molecule is CCC(NCC1CCCS1(=O)=O)c1cc(C)ccc1OC. The quantitative estimate of drug-likeness (QED) is 0.877. The molecular formula is C16H25NO3S. The predicted octanol–water partition coefficient (Wildman–Crippen LogP) is 2.62. The molecule has 0 aliphatic carbocycles. The number of ether oxygens (including phenoxy) is 1. The van der Waals surface area contributed by atoms with Gasteiger partial charge in [0.15, 0.2) is 9.84 Å². The molecule has 1 aromatic rings. The lowest BCUT2D eigenvalue weighted by atomic mass is 10.0. The van der Waals surface area contributed by atoms with Crippen LogP contribution in [0.1, 0.15) is 43.4 Å². The molecule has 5 heteroatoms. The number of sulfone groups is 1. The summed E-state index contributed by atoms with van der Waals surface area (Å²) >= 11 is 0. The first kappa shape index (κ1) is 16.3. The van der Waals surface area contributed by atoms with E-state index in [0.717, 1.165) is 30.6 Å². The van der Waals surface area contributed by atoms with Crippen LogP contribution in [0.25, 0.3) is 0 Å². The largest absolute Gasteiger partial charge is 0.496 e. The molecule has 0 amide bonds. The van der Waals surface area contributed by atoms with Gasteiger partial charge < -0.3 is 10.1 Å². The monoisotopic (exact) mass is 311 g/mol. The minimum Gasteiger partial charge on any atom is -0.496 e. The van der Waals surface area contributed by atoms with Gasteiger partial charge in [-0.25, -0.2) is 8.42 Å². The van der Waals surface area contributed by atoms with Gasteiger partial charge in [-0.2, -0.15) is 0 Å². The number of rotatable bonds is 6. The molecule has 1 heterocycles. The summed E-state index contributed by atoms with van der Waals surface area (Å²) < 4.78 is 29.3. The van der Waals surface area contributed by atoms with Crippen LogP contribution in [0.4, 0.5) is 0 Å². The highest BCUT2D eigenvalue weighted by Gasteiger charge is 2.31. The fraction of sp³-hybridized carbons (Fsp3) is 0.625. The summed E-state index contributed by atoms with van der Waals surface area (Å²) in [6.45, 7) is 4.68. The molecule has 0 spiro atoms. The van der Waals surface area contributed by atoms with E-state index < -0.39 is 9.84 Å². The normalized spacial score (nSPS) is 22.1. The third-order valence-electron chi connectivity index (χ3n) is 4.22. The highest BCUT2D eigenvalue weighted by atomic mass is 32.2. The van der Waals surface area contributed by atoms with Gasteiger partial charge in [0.25, 0.3) is 0 Å². The number of nitrogens with one attached hydrogen (secondary N) is 1.